The van der Waals surface area contributed by atoms with Crippen LogP contribution in [0.3, 0.4) is 0 Å². The number of aliphatic carboxylic acids is 1. The minimum atomic E-state index is -0.816. The molecule has 0 unspecified atom stereocenters. The summed E-state index contributed by atoms with van der Waals surface area (Å²) in [5, 5.41) is 8.77. The normalized spacial score (nSPS) is 11.0. The summed E-state index contributed by atoms with van der Waals surface area (Å²) in [7, 11) is 0. The number of benzene rings is 1. The molecule has 5 heteroatoms. The monoisotopic (exact) mass is 272 g/mol. The van der Waals surface area contributed by atoms with Gasteiger partial charge in [-0.25, -0.2) is 4.98 Å². The molecule has 0 radical (unpaired) electrons. The third-order valence-electron chi connectivity index (χ3n) is 2.84. The zero-order valence-electron chi connectivity index (χ0n) is 10.3. The second-order valence-electron chi connectivity index (χ2n) is 4.45. The molecule has 2 heterocycles. The van der Waals surface area contributed by atoms with Crippen LogP contribution >= 0.6 is 11.3 Å². The predicted octanol–water partition coefficient (Wildman–Crippen LogP) is 3.00. The van der Waals surface area contributed by atoms with Crippen molar-refractivity contribution in [2.45, 2.75) is 13.3 Å². The molecule has 0 bridgehead atoms. The number of nitrogens with zero attached hydrogens (tertiary/aromatic N) is 2. The number of carboxylic acid groups (broad SMARTS) is 1. The Kier molecular flexibility index (Phi) is 2.83. The van der Waals surface area contributed by atoms with Gasteiger partial charge < -0.3 is 5.11 Å². The molecule has 0 aliphatic rings. The maximum absolute atomic E-state index is 10.7. The molecule has 0 saturated carbocycles. The van der Waals surface area contributed by atoms with Gasteiger partial charge in [0.2, 0.25) is 0 Å². The molecule has 96 valence electrons. The quantitative estimate of drug-likeness (QED) is 0.797. The van der Waals surface area contributed by atoms with Crippen LogP contribution in [0.5, 0.6) is 0 Å². The molecule has 0 aliphatic carbocycles. The van der Waals surface area contributed by atoms with Crippen molar-refractivity contribution in [3.63, 3.8) is 0 Å². The van der Waals surface area contributed by atoms with E-state index in [0.717, 1.165) is 21.1 Å². The van der Waals surface area contributed by atoms with Crippen molar-refractivity contribution in [3.8, 4) is 11.3 Å². The first-order valence-electron chi connectivity index (χ1n) is 5.88. The van der Waals surface area contributed by atoms with Crippen molar-refractivity contribution < 1.29 is 9.90 Å². The maximum Gasteiger partial charge on any atom is 0.308 e. The van der Waals surface area contributed by atoms with Crippen molar-refractivity contribution in [1.29, 1.82) is 0 Å². The molecule has 4 nitrogen and oxygen atoms in total. The lowest BCUT2D eigenvalue weighted by molar-refractivity contribution is -0.136. The standard InChI is InChI=1S/C14H12N2O2S/c1-9-3-2-4-10(5-9)12-8-16-7-11(6-13(17)18)19-14(16)15-12/h2-5,7-8H,6H2,1H3,(H,17,18). The minimum absolute atomic E-state index is 0.0494. The Hall–Kier alpha value is -2.14. The Morgan fingerprint density at radius 3 is 2.95 bits per heavy atom. The van der Waals surface area contributed by atoms with E-state index in [1.165, 1.54) is 16.9 Å². The van der Waals surface area contributed by atoms with Crippen molar-refractivity contribution in [2.24, 2.45) is 0 Å². The van der Waals surface area contributed by atoms with E-state index in [9.17, 15) is 4.79 Å². The number of hydrogen-bond donors (Lipinski definition) is 1. The van der Waals surface area contributed by atoms with E-state index in [0.29, 0.717) is 0 Å². The Morgan fingerprint density at radius 1 is 1.42 bits per heavy atom. The van der Waals surface area contributed by atoms with Crippen LogP contribution in [-0.2, 0) is 11.2 Å². The topological polar surface area (TPSA) is 54.6 Å². The van der Waals surface area contributed by atoms with Crippen LogP contribution in [0.15, 0.2) is 36.7 Å². The second kappa shape index (κ2) is 4.51. The number of imidazole rings is 1. The lowest BCUT2D eigenvalue weighted by atomic mass is 10.1. The van der Waals surface area contributed by atoms with Crippen LogP contribution < -0.4 is 0 Å². The van der Waals surface area contributed by atoms with E-state index >= 15 is 0 Å². The van der Waals surface area contributed by atoms with Crippen LogP contribution in [0.25, 0.3) is 16.2 Å². The number of fused-ring (bicyclic) bond motifs is 1. The summed E-state index contributed by atoms with van der Waals surface area (Å²) in [4.78, 5) is 16.8. The van der Waals surface area contributed by atoms with E-state index in [1.54, 1.807) is 0 Å². The highest BCUT2D eigenvalue weighted by molar-refractivity contribution is 7.17. The highest BCUT2D eigenvalue weighted by atomic mass is 32.1. The molecule has 0 atom stereocenters. The van der Waals surface area contributed by atoms with E-state index in [4.69, 9.17) is 5.11 Å². The van der Waals surface area contributed by atoms with Gasteiger partial charge in [-0.05, 0) is 13.0 Å². The fourth-order valence-corrected chi connectivity index (χ4v) is 2.97. The summed E-state index contributed by atoms with van der Waals surface area (Å²) >= 11 is 1.42. The molecule has 0 fully saturated rings. The molecule has 0 spiro atoms. The van der Waals surface area contributed by atoms with E-state index in [-0.39, 0.29) is 6.42 Å². The molecule has 1 N–H and O–H groups in total. The van der Waals surface area contributed by atoms with Gasteiger partial charge in [-0.3, -0.25) is 9.20 Å². The average molecular weight is 272 g/mol. The van der Waals surface area contributed by atoms with Crippen LogP contribution in [0.4, 0.5) is 0 Å². The number of hydrogen-bond acceptors (Lipinski definition) is 3. The lowest BCUT2D eigenvalue weighted by Gasteiger charge is -1.97. The summed E-state index contributed by atoms with van der Waals surface area (Å²) in [6.07, 6.45) is 3.82. The third-order valence-corrected chi connectivity index (χ3v) is 3.84. The molecule has 19 heavy (non-hydrogen) atoms. The maximum atomic E-state index is 10.7. The molecule has 1 aromatic carbocycles. The van der Waals surface area contributed by atoms with E-state index in [1.807, 2.05) is 41.9 Å². The van der Waals surface area contributed by atoms with Crippen molar-refractivity contribution in [1.82, 2.24) is 9.38 Å². The van der Waals surface area contributed by atoms with Crippen LogP contribution in [0.2, 0.25) is 0 Å². The van der Waals surface area contributed by atoms with Gasteiger partial charge in [-0.15, -0.1) is 11.3 Å². The van der Waals surface area contributed by atoms with Gasteiger partial charge in [0.25, 0.3) is 0 Å². The largest absolute Gasteiger partial charge is 0.481 e. The number of aromatic nitrogens is 2. The SMILES string of the molecule is Cc1cccc(-c2cn3cc(CC(=O)O)sc3n2)c1. The second-order valence-corrected chi connectivity index (χ2v) is 5.55. The van der Waals surface area contributed by atoms with Gasteiger partial charge >= 0.3 is 5.97 Å². The zero-order chi connectivity index (χ0) is 13.4. The molecule has 3 rings (SSSR count). The fourth-order valence-electron chi connectivity index (χ4n) is 2.02. The van der Waals surface area contributed by atoms with Gasteiger partial charge in [-0.1, -0.05) is 23.8 Å². The summed E-state index contributed by atoms with van der Waals surface area (Å²) in [5.74, 6) is -0.816. The summed E-state index contributed by atoms with van der Waals surface area (Å²) in [5.41, 5.74) is 3.19. The van der Waals surface area contributed by atoms with Crippen molar-refractivity contribution in [2.75, 3.05) is 0 Å². The van der Waals surface area contributed by atoms with Crippen molar-refractivity contribution in [3.05, 3.63) is 47.1 Å². The Labute approximate surface area is 114 Å². The molecule has 3 aromatic rings. The summed E-state index contributed by atoms with van der Waals surface area (Å²) < 4.78 is 1.89. The van der Waals surface area contributed by atoms with E-state index < -0.39 is 5.97 Å². The predicted molar refractivity (Wildman–Crippen MR) is 74.6 cm³/mol. The van der Waals surface area contributed by atoms with Gasteiger partial charge in [0.15, 0.2) is 4.96 Å². The van der Waals surface area contributed by atoms with Gasteiger partial charge in [0, 0.05) is 22.8 Å². The first-order valence-corrected chi connectivity index (χ1v) is 6.70. The number of carboxylic acids is 1. The van der Waals surface area contributed by atoms with Crippen LogP contribution in [0.1, 0.15) is 10.4 Å². The molecule has 0 aliphatic heterocycles. The summed E-state index contributed by atoms with van der Waals surface area (Å²) in [6.45, 7) is 2.05. The van der Waals surface area contributed by atoms with Gasteiger partial charge in [-0.2, -0.15) is 0 Å². The van der Waals surface area contributed by atoms with Crippen molar-refractivity contribution >= 4 is 22.3 Å². The smallest absolute Gasteiger partial charge is 0.308 e. The summed E-state index contributed by atoms with van der Waals surface area (Å²) in [6, 6.07) is 8.17. The fraction of sp³-hybridized carbons (Fsp3) is 0.143. The Balaban J connectivity index is 1.99. The highest BCUT2D eigenvalue weighted by Gasteiger charge is 2.10. The molecule has 0 amide bonds. The van der Waals surface area contributed by atoms with Crippen LogP contribution in [0, 0.1) is 6.92 Å². The first-order chi connectivity index (χ1) is 9.11. The molecular weight excluding hydrogens is 260 g/mol. The van der Waals surface area contributed by atoms with Gasteiger partial charge in [0.05, 0.1) is 12.1 Å². The zero-order valence-corrected chi connectivity index (χ0v) is 11.1. The van der Waals surface area contributed by atoms with Crippen LogP contribution in [-0.4, -0.2) is 20.5 Å². The number of aryl methyl sites for hydroxylation is 1. The third kappa shape index (κ3) is 2.37. The molecular formula is C14H12N2O2S. The Morgan fingerprint density at radius 2 is 2.26 bits per heavy atom. The average Bonchev–Trinajstić information content (AvgIpc) is 2.85. The number of thiazole rings is 1. The van der Waals surface area contributed by atoms with Gasteiger partial charge in [0.1, 0.15) is 0 Å². The highest BCUT2D eigenvalue weighted by Crippen LogP contribution is 2.24. The number of rotatable bonds is 3. The number of carbonyl (C=O) groups is 1. The molecule has 0 saturated heterocycles. The Bertz CT molecular complexity index is 726. The first kappa shape index (κ1) is 11.9. The van der Waals surface area contributed by atoms with E-state index in [2.05, 4.69) is 11.1 Å². The molecule has 2 aromatic heterocycles. The lowest BCUT2D eigenvalue weighted by Crippen LogP contribution is -1.97. The minimum Gasteiger partial charge on any atom is -0.481 e.